The molecule has 0 N–H and O–H groups in total. The molecule has 2 heterocycles. The van der Waals surface area contributed by atoms with Crippen molar-refractivity contribution in [1.29, 1.82) is 0 Å². The van der Waals surface area contributed by atoms with Crippen molar-refractivity contribution in [3.63, 3.8) is 0 Å². The van der Waals surface area contributed by atoms with Crippen LogP contribution in [0.1, 0.15) is 50.8 Å². The summed E-state index contributed by atoms with van der Waals surface area (Å²) in [7, 11) is 1.34. The van der Waals surface area contributed by atoms with Crippen molar-refractivity contribution in [2.24, 2.45) is 0 Å². The molecule has 0 bridgehead atoms. The van der Waals surface area contributed by atoms with Gasteiger partial charge < -0.3 is 14.5 Å². The number of methoxy groups -OCH3 is 1. The van der Waals surface area contributed by atoms with Crippen molar-refractivity contribution >= 4 is 45.2 Å². The van der Waals surface area contributed by atoms with Gasteiger partial charge in [-0.05, 0) is 53.1 Å². The number of rotatable bonds is 5. The second-order valence-electron chi connectivity index (χ2n) is 9.89. The van der Waals surface area contributed by atoms with Crippen molar-refractivity contribution in [3.8, 4) is 0 Å². The third-order valence-corrected chi connectivity index (χ3v) is 7.94. The highest BCUT2D eigenvalue weighted by atomic mass is 79.9. The molecule has 3 aromatic carbocycles. The number of ketones is 1. The average Bonchev–Trinajstić information content (AvgIpc) is 3.03. The van der Waals surface area contributed by atoms with E-state index in [1.54, 1.807) is 45.9 Å². The van der Waals surface area contributed by atoms with Crippen molar-refractivity contribution in [2.75, 3.05) is 33.3 Å². The highest BCUT2D eigenvalue weighted by Crippen LogP contribution is 2.39. The molecule has 0 radical (unpaired) electrons. The number of allylic oxidation sites excluding steroid dienone is 1. The van der Waals surface area contributed by atoms with Gasteiger partial charge in [-0.25, -0.2) is 4.79 Å². The maximum atomic E-state index is 14.0. The number of nitrogens with zero attached hydrogens (tertiary/aromatic N) is 3. The van der Waals surface area contributed by atoms with E-state index in [2.05, 4.69) is 15.9 Å². The topological polar surface area (TPSA) is 87.2 Å². The van der Waals surface area contributed by atoms with Crippen LogP contribution < -0.4 is 0 Å². The van der Waals surface area contributed by atoms with Gasteiger partial charge in [0.15, 0.2) is 5.78 Å². The largest absolute Gasteiger partial charge is 0.453 e. The summed E-state index contributed by atoms with van der Waals surface area (Å²) in [6, 6.07) is 22.1. The average molecular weight is 617 g/mol. The van der Waals surface area contributed by atoms with E-state index in [1.165, 1.54) is 7.11 Å². The number of halogens is 1. The first-order valence-electron chi connectivity index (χ1n) is 13.5. The van der Waals surface area contributed by atoms with Crippen molar-refractivity contribution in [3.05, 3.63) is 111 Å². The summed E-state index contributed by atoms with van der Waals surface area (Å²) < 4.78 is 5.65. The van der Waals surface area contributed by atoms with Gasteiger partial charge in [0.05, 0.1) is 19.4 Å². The SMILES string of the molecule is CCC(=O)C1=C(c2ccccc2)c2cc(Br)ccc2CN1C(=O)c1ccc(C(=O)N2CCN(C(=O)OC)CC2)cc1. The van der Waals surface area contributed by atoms with Gasteiger partial charge in [0.25, 0.3) is 11.8 Å². The number of hydrogen-bond acceptors (Lipinski definition) is 5. The molecule has 0 aliphatic carbocycles. The number of ether oxygens (including phenoxy) is 1. The summed E-state index contributed by atoms with van der Waals surface area (Å²) in [5.41, 5.74) is 4.64. The molecule has 41 heavy (non-hydrogen) atoms. The number of carbonyl (C=O) groups is 4. The number of fused-ring (bicyclic) bond motifs is 1. The van der Waals surface area contributed by atoms with Gasteiger partial charge in [-0.15, -0.1) is 0 Å². The minimum absolute atomic E-state index is 0.124. The maximum absolute atomic E-state index is 14.0. The lowest BCUT2D eigenvalue weighted by atomic mass is 9.86. The molecule has 0 spiro atoms. The van der Waals surface area contributed by atoms with Gasteiger partial charge in [0.2, 0.25) is 0 Å². The minimum Gasteiger partial charge on any atom is -0.453 e. The fraction of sp³-hybridized carbons (Fsp3) is 0.250. The third-order valence-electron chi connectivity index (χ3n) is 7.45. The van der Waals surface area contributed by atoms with Crippen LogP contribution >= 0.6 is 15.9 Å². The Labute approximate surface area is 247 Å². The maximum Gasteiger partial charge on any atom is 0.409 e. The van der Waals surface area contributed by atoms with E-state index in [0.717, 1.165) is 26.7 Å². The Morgan fingerprint density at radius 1 is 0.805 bits per heavy atom. The van der Waals surface area contributed by atoms with Crippen LogP contribution in [0, 0.1) is 0 Å². The predicted octanol–water partition coefficient (Wildman–Crippen LogP) is 5.37. The molecular formula is C32H30BrN3O5. The number of carbonyl (C=O) groups excluding carboxylic acids is 4. The minimum atomic E-state index is -0.404. The monoisotopic (exact) mass is 615 g/mol. The van der Waals surface area contributed by atoms with E-state index in [0.29, 0.717) is 43.0 Å². The highest BCUT2D eigenvalue weighted by Gasteiger charge is 2.34. The fourth-order valence-electron chi connectivity index (χ4n) is 5.27. The smallest absolute Gasteiger partial charge is 0.409 e. The zero-order valence-electron chi connectivity index (χ0n) is 22.9. The van der Waals surface area contributed by atoms with Crippen LogP contribution in [0.2, 0.25) is 0 Å². The van der Waals surface area contributed by atoms with Crippen LogP contribution in [0.5, 0.6) is 0 Å². The van der Waals surface area contributed by atoms with Crippen LogP contribution in [0.15, 0.2) is 83.0 Å². The normalized spacial score (nSPS) is 15.0. The summed E-state index contributed by atoms with van der Waals surface area (Å²) in [5.74, 6) is -0.602. The predicted molar refractivity (Wildman–Crippen MR) is 158 cm³/mol. The van der Waals surface area contributed by atoms with Gasteiger partial charge in [0, 0.05) is 53.8 Å². The van der Waals surface area contributed by atoms with Gasteiger partial charge in [0.1, 0.15) is 0 Å². The number of benzene rings is 3. The Morgan fingerprint density at radius 2 is 1.41 bits per heavy atom. The van der Waals surface area contributed by atoms with Crippen LogP contribution in [-0.4, -0.2) is 71.7 Å². The Balaban J connectivity index is 1.45. The first-order chi connectivity index (χ1) is 19.8. The molecule has 9 heteroatoms. The highest BCUT2D eigenvalue weighted by molar-refractivity contribution is 9.10. The standard InChI is InChI=1S/C32H30BrN3O5/c1-3-27(37)29-28(21-7-5-4-6-8-21)26-19-25(33)14-13-24(26)20-36(29)31(39)23-11-9-22(10-12-23)30(38)34-15-17-35(18-16-34)32(40)41-2/h4-14,19H,3,15-18,20H2,1-2H3. The number of Topliss-reactive ketones (excluding diaryl/α,β-unsaturated/α-hetero) is 1. The van der Waals surface area contributed by atoms with Gasteiger partial charge in [-0.1, -0.05) is 59.3 Å². The molecule has 0 saturated carbocycles. The van der Waals surface area contributed by atoms with Crippen LogP contribution in [0.3, 0.4) is 0 Å². The lowest BCUT2D eigenvalue weighted by Gasteiger charge is -2.34. The Bertz CT molecular complexity index is 1530. The lowest BCUT2D eigenvalue weighted by Crippen LogP contribution is -2.50. The molecule has 2 aliphatic rings. The van der Waals surface area contributed by atoms with Crippen molar-refractivity contribution < 1.29 is 23.9 Å². The van der Waals surface area contributed by atoms with Gasteiger partial charge in [-0.3, -0.25) is 19.3 Å². The van der Waals surface area contributed by atoms with E-state index in [4.69, 9.17) is 4.74 Å². The molecule has 0 unspecified atom stereocenters. The Morgan fingerprint density at radius 3 is 2.02 bits per heavy atom. The second-order valence-corrected chi connectivity index (χ2v) is 10.8. The molecule has 0 atom stereocenters. The van der Waals surface area contributed by atoms with Crippen molar-refractivity contribution in [2.45, 2.75) is 19.9 Å². The van der Waals surface area contributed by atoms with E-state index >= 15 is 0 Å². The van der Waals surface area contributed by atoms with Crippen LogP contribution in [0.25, 0.3) is 5.57 Å². The molecule has 3 amide bonds. The van der Waals surface area contributed by atoms with Gasteiger partial charge >= 0.3 is 6.09 Å². The zero-order valence-corrected chi connectivity index (χ0v) is 24.5. The summed E-state index contributed by atoms with van der Waals surface area (Å²) in [5, 5.41) is 0. The summed E-state index contributed by atoms with van der Waals surface area (Å²) in [6.45, 7) is 3.63. The number of amides is 3. The molecular weight excluding hydrogens is 586 g/mol. The molecule has 3 aromatic rings. The molecule has 5 rings (SSSR count). The van der Waals surface area contributed by atoms with E-state index in [9.17, 15) is 19.2 Å². The van der Waals surface area contributed by atoms with Gasteiger partial charge in [-0.2, -0.15) is 0 Å². The molecule has 1 saturated heterocycles. The van der Waals surface area contributed by atoms with Crippen LogP contribution in [0.4, 0.5) is 4.79 Å². The summed E-state index contributed by atoms with van der Waals surface area (Å²) in [6.07, 6.45) is -0.159. The number of hydrogen-bond donors (Lipinski definition) is 0. The second kappa shape index (κ2) is 12.1. The quantitative estimate of drug-likeness (QED) is 0.385. The lowest BCUT2D eigenvalue weighted by molar-refractivity contribution is -0.116. The van der Waals surface area contributed by atoms with Crippen LogP contribution in [-0.2, 0) is 16.1 Å². The molecule has 2 aliphatic heterocycles. The van der Waals surface area contributed by atoms with E-state index in [1.807, 2.05) is 48.5 Å². The van der Waals surface area contributed by atoms with E-state index < -0.39 is 6.09 Å². The zero-order chi connectivity index (χ0) is 29.1. The fourth-order valence-corrected chi connectivity index (χ4v) is 5.64. The summed E-state index contributed by atoms with van der Waals surface area (Å²) in [4.78, 5) is 57.1. The summed E-state index contributed by atoms with van der Waals surface area (Å²) >= 11 is 3.56. The number of piperazine rings is 1. The van der Waals surface area contributed by atoms with E-state index in [-0.39, 0.29) is 30.6 Å². The first kappa shape index (κ1) is 28.3. The van der Waals surface area contributed by atoms with Crippen molar-refractivity contribution in [1.82, 2.24) is 14.7 Å². The first-order valence-corrected chi connectivity index (χ1v) is 14.3. The molecule has 8 nitrogen and oxygen atoms in total. The molecule has 0 aromatic heterocycles. The molecule has 210 valence electrons. The third kappa shape index (κ3) is 5.67. The Kier molecular flexibility index (Phi) is 8.35. The Hall–Kier alpha value is -4.24. The molecule has 1 fully saturated rings.